The number of nitrogens with one attached hydrogen (secondary N) is 1. The van der Waals surface area contributed by atoms with Gasteiger partial charge in [0.15, 0.2) is 0 Å². The number of pyridine rings is 1. The van der Waals surface area contributed by atoms with E-state index in [0.717, 1.165) is 6.07 Å². The van der Waals surface area contributed by atoms with E-state index in [1.165, 1.54) is 35.2 Å². The van der Waals surface area contributed by atoms with E-state index in [0.29, 0.717) is 27.6 Å². The Morgan fingerprint density at radius 2 is 2.00 bits per heavy atom. The lowest BCUT2D eigenvalue weighted by molar-refractivity contribution is 0.0335. The van der Waals surface area contributed by atoms with Crippen LogP contribution in [0.2, 0.25) is 0 Å². The first-order chi connectivity index (χ1) is 13.4. The van der Waals surface area contributed by atoms with E-state index in [1.807, 2.05) is 0 Å². The van der Waals surface area contributed by atoms with Crippen LogP contribution < -0.4 is 5.56 Å². The van der Waals surface area contributed by atoms with Gasteiger partial charge in [-0.05, 0) is 48.2 Å². The average molecular weight is 384 g/mol. The largest absolute Gasteiger partial charge is 0.373 e. The summed E-state index contributed by atoms with van der Waals surface area (Å²) >= 11 is 0. The van der Waals surface area contributed by atoms with E-state index in [1.54, 1.807) is 14.0 Å². The number of halogens is 2. The zero-order valence-electron chi connectivity index (χ0n) is 15.4. The number of fused-ring (bicyclic) bond motifs is 3. The molecule has 4 rings (SSSR count). The van der Waals surface area contributed by atoms with E-state index < -0.39 is 23.6 Å². The van der Waals surface area contributed by atoms with Gasteiger partial charge in [-0.15, -0.1) is 0 Å². The van der Waals surface area contributed by atoms with Gasteiger partial charge in [0.1, 0.15) is 11.6 Å². The first kappa shape index (κ1) is 18.3. The number of aromatic amines is 1. The summed E-state index contributed by atoms with van der Waals surface area (Å²) in [7, 11) is 1.58. The van der Waals surface area contributed by atoms with E-state index in [9.17, 15) is 18.4 Å². The van der Waals surface area contributed by atoms with Crippen molar-refractivity contribution in [3.05, 3.63) is 80.8 Å². The van der Waals surface area contributed by atoms with Gasteiger partial charge < -0.3 is 14.6 Å². The summed E-state index contributed by atoms with van der Waals surface area (Å²) in [5, 5.41) is 0.810. The van der Waals surface area contributed by atoms with Crippen LogP contribution in [-0.4, -0.2) is 29.4 Å². The van der Waals surface area contributed by atoms with Crippen LogP contribution in [0.25, 0.3) is 10.8 Å². The number of H-pyrrole nitrogens is 1. The molecule has 1 amide bonds. The molecule has 1 aliphatic rings. The lowest BCUT2D eigenvalue weighted by Gasteiger charge is -2.34. The van der Waals surface area contributed by atoms with Crippen molar-refractivity contribution < 1.29 is 18.3 Å². The molecule has 0 spiro atoms. The highest BCUT2D eigenvalue weighted by atomic mass is 19.1. The number of hydrogen-bond donors (Lipinski definition) is 1. The van der Waals surface area contributed by atoms with E-state index in [2.05, 4.69) is 4.98 Å². The molecule has 0 aliphatic carbocycles. The summed E-state index contributed by atoms with van der Waals surface area (Å²) in [4.78, 5) is 29.5. The van der Waals surface area contributed by atoms with Gasteiger partial charge in [-0.25, -0.2) is 8.78 Å². The first-order valence-corrected chi connectivity index (χ1v) is 8.82. The molecule has 7 heteroatoms. The van der Waals surface area contributed by atoms with Crippen LogP contribution in [0.5, 0.6) is 0 Å². The highest BCUT2D eigenvalue weighted by molar-refractivity contribution is 5.95. The summed E-state index contributed by atoms with van der Waals surface area (Å²) in [6, 6.07) is 7.70. The second-order valence-electron chi connectivity index (χ2n) is 6.95. The fourth-order valence-electron chi connectivity index (χ4n) is 3.65. The smallest absolute Gasteiger partial charge is 0.256 e. The molecule has 28 heavy (non-hydrogen) atoms. The molecule has 1 aromatic heterocycles. The van der Waals surface area contributed by atoms with Gasteiger partial charge >= 0.3 is 0 Å². The van der Waals surface area contributed by atoms with Crippen LogP contribution in [0.1, 0.15) is 33.2 Å². The van der Waals surface area contributed by atoms with Crippen LogP contribution in [0.3, 0.4) is 0 Å². The quantitative estimate of drug-likeness (QED) is 0.736. The Hall–Kier alpha value is -3.06. The second-order valence-corrected chi connectivity index (χ2v) is 6.95. The molecule has 1 aliphatic heterocycles. The second kappa shape index (κ2) is 6.83. The van der Waals surface area contributed by atoms with E-state index in [4.69, 9.17) is 4.74 Å². The van der Waals surface area contributed by atoms with Gasteiger partial charge in [-0.3, -0.25) is 9.59 Å². The molecule has 2 heterocycles. The third-order valence-electron chi connectivity index (χ3n) is 5.14. The molecule has 0 fully saturated rings. The number of amides is 1. The molecule has 3 aromatic rings. The first-order valence-electron chi connectivity index (χ1n) is 8.82. The van der Waals surface area contributed by atoms with Crippen molar-refractivity contribution in [3.8, 4) is 0 Å². The Morgan fingerprint density at radius 3 is 2.75 bits per heavy atom. The van der Waals surface area contributed by atoms with Crippen molar-refractivity contribution in [1.29, 1.82) is 0 Å². The van der Waals surface area contributed by atoms with Crippen LogP contribution in [0, 0.1) is 18.6 Å². The number of likely N-dealkylation sites (N-methyl/N-ethyl adjacent to an activating group) is 1. The summed E-state index contributed by atoms with van der Waals surface area (Å²) in [6.45, 7) is 1.93. The lowest BCUT2D eigenvalue weighted by atomic mass is 9.94. The number of hydrogen-bond acceptors (Lipinski definition) is 3. The molecule has 5 nitrogen and oxygen atoms in total. The minimum atomic E-state index is -0.555. The number of benzene rings is 2. The molecule has 1 unspecified atom stereocenters. The number of carbonyl (C=O) groups excluding carboxylic acids is 1. The van der Waals surface area contributed by atoms with Crippen molar-refractivity contribution >= 4 is 16.7 Å². The number of carbonyl (C=O) groups is 1. The minimum absolute atomic E-state index is 0.161. The van der Waals surface area contributed by atoms with Crippen LogP contribution in [-0.2, 0) is 11.3 Å². The standard InChI is InChI=1S/C21H18F2N2O3/c1-11-6-15-14(8-16(11)23)19-17(24-20(15)26)9-28-10-18(19)25(2)21(27)12-4-3-5-13(22)7-12/h3-8,18H,9-10H2,1-2H3,(H,24,26). The normalized spacial score (nSPS) is 16.1. The van der Waals surface area contributed by atoms with Crippen molar-refractivity contribution in [2.75, 3.05) is 13.7 Å². The Balaban J connectivity index is 1.86. The summed E-state index contributed by atoms with van der Waals surface area (Å²) < 4.78 is 33.4. The molecule has 0 radical (unpaired) electrons. The predicted molar refractivity (Wildman–Crippen MR) is 100 cm³/mol. The number of aromatic nitrogens is 1. The number of rotatable bonds is 2. The third kappa shape index (κ3) is 2.97. The molecular formula is C21H18F2N2O3. The molecule has 0 saturated carbocycles. The molecule has 144 valence electrons. The van der Waals surface area contributed by atoms with Crippen LogP contribution in [0.4, 0.5) is 8.78 Å². The van der Waals surface area contributed by atoms with Crippen molar-refractivity contribution in [1.82, 2.24) is 9.88 Å². The maximum absolute atomic E-state index is 14.3. The fraction of sp³-hybridized carbons (Fsp3) is 0.238. The molecular weight excluding hydrogens is 366 g/mol. The summed E-state index contributed by atoms with van der Waals surface area (Å²) in [5.74, 6) is -1.33. The van der Waals surface area contributed by atoms with E-state index in [-0.39, 0.29) is 24.3 Å². The molecule has 2 aromatic carbocycles. The Kier molecular flexibility index (Phi) is 4.47. The highest BCUT2D eigenvalue weighted by Gasteiger charge is 2.31. The van der Waals surface area contributed by atoms with Gasteiger partial charge in [0.05, 0.1) is 19.3 Å². The summed E-state index contributed by atoms with van der Waals surface area (Å²) in [6.07, 6.45) is 0. The fourth-order valence-corrected chi connectivity index (χ4v) is 3.65. The molecule has 1 N–H and O–H groups in total. The molecule has 0 bridgehead atoms. The number of nitrogens with zero attached hydrogens (tertiary/aromatic N) is 1. The van der Waals surface area contributed by atoms with Crippen molar-refractivity contribution in [2.45, 2.75) is 19.6 Å². The number of ether oxygens (including phenoxy) is 1. The Bertz CT molecular complexity index is 1160. The van der Waals surface area contributed by atoms with Gasteiger partial charge in [-0.1, -0.05) is 6.07 Å². The van der Waals surface area contributed by atoms with E-state index >= 15 is 0 Å². The minimum Gasteiger partial charge on any atom is -0.373 e. The SMILES string of the molecule is Cc1cc2c(=O)[nH]c3c(c2cc1F)C(N(C)C(=O)c1cccc(F)c1)COC3. The van der Waals surface area contributed by atoms with Gasteiger partial charge in [-0.2, -0.15) is 0 Å². The average Bonchev–Trinajstić information content (AvgIpc) is 2.68. The monoisotopic (exact) mass is 384 g/mol. The Labute approximate surface area is 159 Å². The van der Waals surface area contributed by atoms with Gasteiger partial charge in [0.2, 0.25) is 0 Å². The topological polar surface area (TPSA) is 62.4 Å². The lowest BCUT2D eigenvalue weighted by Crippen LogP contribution is -2.37. The maximum atomic E-state index is 14.3. The van der Waals surface area contributed by atoms with Crippen LogP contribution in [0.15, 0.2) is 41.2 Å². The molecule has 0 saturated heterocycles. The summed E-state index contributed by atoms with van der Waals surface area (Å²) in [5.41, 5.74) is 1.39. The van der Waals surface area contributed by atoms with Crippen molar-refractivity contribution in [3.63, 3.8) is 0 Å². The van der Waals surface area contributed by atoms with Gasteiger partial charge in [0, 0.05) is 29.3 Å². The van der Waals surface area contributed by atoms with Crippen molar-refractivity contribution in [2.24, 2.45) is 0 Å². The van der Waals surface area contributed by atoms with Gasteiger partial charge in [0.25, 0.3) is 11.5 Å². The van der Waals surface area contributed by atoms with Crippen LogP contribution >= 0.6 is 0 Å². The Morgan fingerprint density at radius 1 is 1.21 bits per heavy atom. The number of aryl methyl sites for hydroxylation is 1. The maximum Gasteiger partial charge on any atom is 0.256 e. The zero-order valence-corrected chi connectivity index (χ0v) is 15.4. The predicted octanol–water partition coefficient (Wildman–Crippen LogP) is 3.46. The zero-order chi connectivity index (χ0) is 20.0. The highest BCUT2D eigenvalue weighted by Crippen LogP contribution is 2.34. The molecule has 1 atom stereocenters. The third-order valence-corrected chi connectivity index (χ3v) is 5.14.